The quantitative estimate of drug-likeness (QED) is 0.653. The van der Waals surface area contributed by atoms with E-state index in [0.717, 1.165) is 16.1 Å². The number of aryl methyl sites for hydroxylation is 1. The fraction of sp³-hybridized carbons (Fsp3) is 0.105. The molecule has 3 rings (SSSR count). The minimum atomic E-state index is -0.418. The third kappa shape index (κ3) is 3.92. The number of hydrogen-bond acceptors (Lipinski definition) is 5. The first-order chi connectivity index (χ1) is 12.5. The molecular weight excluding hydrogens is 372 g/mol. The number of ether oxygens (including phenoxy) is 1. The number of anilines is 1. The van der Waals surface area contributed by atoms with Gasteiger partial charge in [-0.3, -0.25) is 4.79 Å². The van der Waals surface area contributed by atoms with Crippen LogP contribution in [0.5, 0.6) is 0 Å². The lowest BCUT2D eigenvalue weighted by molar-refractivity contribution is 0.0600. The molecule has 0 radical (unpaired) electrons. The van der Waals surface area contributed by atoms with Crippen molar-refractivity contribution in [3.05, 3.63) is 69.7 Å². The lowest BCUT2D eigenvalue weighted by atomic mass is 10.1. The number of amides is 1. The molecule has 0 spiro atoms. The number of nitrogens with zero attached hydrogens (tertiary/aromatic N) is 1. The van der Waals surface area contributed by atoms with E-state index in [1.165, 1.54) is 18.4 Å². The minimum Gasteiger partial charge on any atom is -0.465 e. The van der Waals surface area contributed by atoms with Gasteiger partial charge in [-0.2, -0.15) is 0 Å². The van der Waals surface area contributed by atoms with E-state index < -0.39 is 5.97 Å². The van der Waals surface area contributed by atoms with Crippen molar-refractivity contribution in [3.63, 3.8) is 0 Å². The zero-order valence-electron chi connectivity index (χ0n) is 14.1. The number of methoxy groups -OCH3 is 1. The molecule has 3 aromatic rings. The SMILES string of the molecule is COC(=O)c1ccc(NC(=O)c2csc(-c3ccc(Cl)cc3)n2)c(C)c1. The molecule has 0 fully saturated rings. The highest BCUT2D eigenvalue weighted by molar-refractivity contribution is 7.13. The van der Waals surface area contributed by atoms with Crippen LogP contribution in [-0.4, -0.2) is 24.0 Å². The first kappa shape index (κ1) is 18.1. The number of esters is 1. The van der Waals surface area contributed by atoms with E-state index >= 15 is 0 Å². The average molecular weight is 387 g/mol. The molecule has 1 N–H and O–H groups in total. The Morgan fingerprint density at radius 3 is 2.54 bits per heavy atom. The fourth-order valence-electron chi connectivity index (χ4n) is 2.34. The summed E-state index contributed by atoms with van der Waals surface area (Å²) in [4.78, 5) is 28.4. The number of hydrogen-bond donors (Lipinski definition) is 1. The van der Waals surface area contributed by atoms with Crippen molar-refractivity contribution in [2.24, 2.45) is 0 Å². The molecule has 0 bridgehead atoms. The van der Waals surface area contributed by atoms with Crippen LogP contribution in [0.1, 0.15) is 26.4 Å². The van der Waals surface area contributed by atoms with Gasteiger partial charge in [0.25, 0.3) is 5.91 Å². The minimum absolute atomic E-state index is 0.310. The molecule has 0 aliphatic carbocycles. The van der Waals surface area contributed by atoms with Crippen LogP contribution in [0, 0.1) is 6.92 Å². The molecular formula is C19H15ClN2O3S. The molecule has 1 aromatic heterocycles. The number of benzene rings is 2. The number of rotatable bonds is 4. The number of nitrogens with one attached hydrogen (secondary N) is 1. The molecule has 26 heavy (non-hydrogen) atoms. The number of aromatic nitrogens is 1. The van der Waals surface area contributed by atoms with E-state index in [-0.39, 0.29) is 5.91 Å². The monoisotopic (exact) mass is 386 g/mol. The van der Waals surface area contributed by atoms with E-state index in [9.17, 15) is 9.59 Å². The van der Waals surface area contributed by atoms with Gasteiger partial charge in [0.1, 0.15) is 10.7 Å². The summed E-state index contributed by atoms with van der Waals surface area (Å²) < 4.78 is 4.69. The molecule has 7 heteroatoms. The van der Waals surface area contributed by atoms with Crippen LogP contribution in [0.25, 0.3) is 10.6 Å². The molecule has 0 saturated heterocycles. The largest absolute Gasteiger partial charge is 0.465 e. The molecule has 0 aliphatic rings. The number of carbonyl (C=O) groups excluding carboxylic acids is 2. The predicted octanol–water partition coefficient (Wildman–Crippen LogP) is 4.81. The third-order valence-corrected chi connectivity index (χ3v) is 4.87. The van der Waals surface area contributed by atoms with Crippen LogP contribution in [0.2, 0.25) is 5.02 Å². The van der Waals surface area contributed by atoms with Crippen LogP contribution in [0.3, 0.4) is 0 Å². The molecule has 2 aromatic carbocycles. The maximum Gasteiger partial charge on any atom is 0.337 e. The highest BCUT2D eigenvalue weighted by atomic mass is 35.5. The van der Waals surface area contributed by atoms with Crippen LogP contribution in [0.4, 0.5) is 5.69 Å². The predicted molar refractivity (Wildman–Crippen MR) is 103 cm³/mol. The smallest absolute Gasteiger partial charge is 0.337 e. The molecule has 1 amide bonds. The third-order valence-electron chi connectivity index (χ3n) is 3.72. The van der Waals surface area contributed by atoms with Crippen LogP contribution in [0.15, 0.2) is 47.8 Å². The Hall–Kier alpha value is -2.70. The molecule has 0 atom stereocenters. The highest BCUT2D eigenvalue weighted by Gasteiger charge is 2.14. The molecule has 1 heterocycles. The maximum atomic E-state index is 12.5. The Balaban J connectivity index is 1.76. The topological polar surface area (TPSA) is 68.3 Å². The Bertz CT molecular complexity index is 967. The second-order valence-electron chi connectivity index (χ2n) is 5.52. The zero-order valence-corrected chi connectivity index (χ0v) is 15.6. The summed E-state index contributed by atoms with van der Waals surface area (Å²) in [5, 5.41) is 5.91. The van der Waals surface area contributed by atoms with Gasteiger partial charge in [0, 0.05) is 21.7 Å². The summed E-state index contributed by atoms with van der Waals surface area (Å²) in [5.41, 5.74) is 3.04. The van der Waals surface area contributed by atoms with Gasteiger partial charge in [0.05, 0.1) is 12.7 Å². The van der Waals surface area contributed by atoms with E-state index in [0.29, 0.717) is 22.0 Å². The van der Waals surface area contributed by atoms with Crippen molar-refractivity contribution in [1.82, 2.24) is 4.98 Å². The summed E-state index contributed by atoms with van der Waals surface area (Å²) in [6, 6.07) is 12.2. The highest BCUT2D eigenvalue weighted by Crippen LogP contribution is 2.26. The van der Waals surface area contributed by atoms with Crippen molar-refractivity contribution in [1.29, 1.82) is 0 Å². The van der Waals surface area contributed by atoms with Gasteiger partial charge in [-0.25, -0.2) is 9.78 Å². The van der Waals surface area contributed by atoms with Crippen molar-refractivity contribution in [3.8, 4) is 10.6 Å². The zero-order chi connectivity index (χ0) is 18.7. The molecule has 0 unspecified atom stereocenters. The fourth-order valence-corrected chi connectivity index (χ4v) is 3.27. The lowest BCUT2D eigenvalue weighted by Gasteiger charge is -2.08. The second kappa shape index (κ2) is 7.68. The number of halogens is 1. The van der Waals surface area contributed by atoms with E-state index in [1.54, 1.807) is 35.7 Å². The summed E-state index contributed by atoms with van der Waals surface area (Å²) in [5.74, 6) is -0.728. The summed E-state index contributed by atoms with van der Waals surface area (Å²) in [7, 11) is 1.33. The Labute approximate surface area is 159 Å². The van der Waals surface area contributed by atoms with E-state index in [4.69, 9.17) is 16.3 Å². The van der Waals surface area contributed by atoms with Crippen LogP contribution >= 0.6 is 22.9 Å². The lowest BCUT2D eigenvalue weighted by Crippen LogP contribution is -2.13. The standard InChI is InChI=1S/C19H15ClN2O3S/c1-11-9-13(19(24)25-2)5-8-15(11)21-17(23)16-10-26-18(22-16)12-3-6-14(20)7-4-12/h3-10H,1-2H3,(H,21,23). The first-order valence-electron chi connectivity index (χ1n) is 7.69. The van der Waals surface area contributed by atoms with Crippen LogP contribution in [-0.2, 0) is 4.74 Å². The van der Waals surface area contributed by atoms with E-state index in [1.807, 2.05) is 19.1 Å². The van der Waals surface area contributed by atoms with Gasteiger partial charge in [-0.05, 0) is 42.8 Å². The Morgan fingerprint density at radius 2 is 1.88 bits per heavy atom. The Morgan fingerprint density at radius 1 is 1.15 bits per heavy atom. The van der Waals surface area contributed by atoms with Gasteiger partial charge in [-0.1, -0.05) is 23.7 Å². The van der Waals surface area contributed by atoms with Crippen molar-refractivity contribution in [2.45, 2.75) is 6.92 Å². The number of thiazole rings is 1. The van der Waals surface area contributed by atoms with Crippen molar-refractivity contribution >= 4 is 40.5 Å². The number of carbonyl (C=O) groups is 2. The molecule has 0 saturated carbocycles. The summed E-state index contributed by atoms with van der Waals surface area (Å²) >= 11 is 7.27. The van der Waals surface area contributed by atoms with Gasteiger partial charge in [0.15, 0.2) is 0 Å². The van der Waals surface area contributed by atoms with Crippen LogP contribution < -0.4 is 5.32 Å². The first-order valence-corrected chi connectivity index (χ1v) is 8.95. The Kier molecular flexibility index (Phi) is 5.35. The molecule has 5 nitrogen and oxygen atoms in total. The average Bonchev–Trinajstić information content (AvgIpc) is 3.13. The van der Waals surface area contributed by atoms with Crippen molar-refractivity contribution in [2.75, 3.05) is 12.4 Å². The molecule has 132 valence electrons. The maximum absolute atomic E-state index is 12.5. The van der Waals surface area contributed by atoms with E-state index in [2.05, 4.69) is 10.3 Å². The van der Waals surface area contributed by atoms with Crippen molar-refractivity contribution < 1.29 is 14.3 Å². The summed E-state index contributed by atoms with van der Waals surface area (Å²) in [6.45, 7) is 1.81. The van der Waals surface area contributed by atoms with Gasteiger partial charge in [0.2, 0.25) is 0 Å². The van der Waals surface area contributed by atoms with Gasteiger partial charge < -0.3 is 10.1 Å². The summed E-state index contributed by atoms with van der Waals surface area (Å²) in [6.07, 6.45) is 0. The second-order valence-corrected chi connectivity index (χ2v) is 6.81. The van der Waals surface area contributed by atoms with Gasteiger partial charge in [-0.15, -0.1) is 11.3 Å². The molecule has 0 aliphatic heterocycles. The normalized spacial score (nSPS) is 10.4. The van der Waals surface area contributed by atoms with Gasteiger partial charge >= 0.3 is 5.97 Å².